The Labute approximate surface area is 208 Å². The zero-order valence-corrected chi connectivity index (χ0v) is 20.8. The number of nitrogens with one attached hydrogen (secondary N) is 1. The quantitative estimate of drug-likeness (QED) is 0.495. The minimum absolute atomic E-state index is 0.0603. The lowest BCUT2D eigenvalue weighted by Gasteiger charge is -2.46. The molecule has 3 fully saturated rings. The normalized spacial score (nSPS) is 24.9. The number of hydrogen-bond donors (Lipinski definition) is 1. The maximum Gasteiger partial charge on any atom is 0.410 e. The van der Waals surface area contributed by atoms with Gasteiger partial charge in [-0.15, -0.1) is 11.8 Å². The minimum Gasteiger partial charge on any atom is -0.472 e. The van der Waals surface area contributed by atoms with Crippen LogP contribution in [0, 0.1) is 11.8 Å². The van der Waals surface area contributed by atoms with Crippen molar-refractivity contribution in [2.24, 2.45) is 11.8 Å². The monoisotopic (exact) mass is 494 g/mol. The van der Waals surface area contributed by atoms with E-state index < -0.39 is 0 Å². The fourth-order valence-corrected chi connectivity index (χ4v) is 5.71. The van der Waals surface area contributed by atoms with E-state index in [2.05, 4.69) is 46.1 Å². The molecule has 1 aromatic carbocycles. The van der Waals surface area contributed by atoms with Crippen molar-refractivity contribution in [3.63, 3.8) is 0 Å². The molecule has 1 amide bonds. The van der Waals surface area contributed by atoms with Gasteiger partial charge in [-0.1, -0.05) is 19.1 Å². The third-order valence-electron chi connectivity index (χ3n) is 7.20. The highest BCUT2D eigenvalue weighted by Gasteiger charge is 2.47. The van der Waals surface area contributed by atoms with E-state index in [1.54, 1.807) is 6.33 Å². The van der Waals surface area contributed by atoms with Crippen LogP contribution in [0.25, 0.3) is 22.2 Å². The summed E-state index contributed by atoms with van der Waals surface area (Å²) in [4.78, 5) is 28.2. The summed E-state index contributed by atoms with van der Waals surface area (Å²) >= 11 is 1.83. The Morgan fingerprint density at radius 2 is 1.94 bits per heavy atom. The van der Waals surface area contributed by atoms with E-state index in [1.165, 1.54) is 4.90 Å². The van der Waals surface area contributed by atoms with Gasteiger partial charge in [-0.25, -0.2) is 9.78 Å². The van der Waals surface area contributed by atoms with Crippen LogP contribution in [0.15, 0.2) is 41.7 Å². The predicted octanol–water partition coefficient (Wildman–Crippen LogP) is 4.75. The molecule has 2 aromatic heterocycles. The van der Waals surface area contributed by atoms with Crippen LogP contribution in [0.2, 0.25) is 0 Å². The van der Waals surface area contributed by atoms with E-state index >= 15 is 0 Å². The van der Waals surface area contributed by atoms with Gasteiger partial charge in [0.25, 0.3) is 0 Å². The molecule has 8 nitrogen and oxygen atoms in total. The first-order valence-electron chi connectivity index (χ1n) is 12.3. The van der Waals surface area contributed by atoms with Gasteiger partial charge in [0, 0.05) is 41.6 Å². The van der Waals surface area contributed by atoms with Crippen molar-refractivity contribution in [2.45, 2.75) is 43.3 Å². The van der Waals surface area contributed by atoms with E-state index in [9.17, 15) is 4.79 Å². The first kappa shape index (κ1) is 22.7. The molecule has 35 heavy (non-hydrogen) atoms. The van der Waals surface area contributed by atoms with Crippen LogP contribution < -0.4 is 4.74 Å². The lowest BCUT2D eigenvalue weighted by Crippen LogP contribution is -2.59. The van der Waals surface area contributed by atoms with Crippen molar-refractivity contribution in [1.82, 2.24) is 19.9 Å². The summed E-state index contributed by atoms with van der Waals surface area (Å²) in [5, 5.41) is 0. The number of nitrogens with zero attached hydrogens (tertiary/aromatic N) is 3. The summed E-state index contributed by atoms with van der Waals surface area (Å²) in [7, 11) is 0. The van der Waals surface area contributed by atoms with Gasteiger partial charge in [0.2, 0.25) is 5.88 Å². The molecule has 2 unspecified atom stereocenters. The summed E-state index contributed by atoms with van der Waals surface area (Å²) in [6.45, 7) is 6.36. The van der Waals surface area contributed by atoms with Crippen LogP contribution in [0.3, 0.4) is 0 Å². The van der Waals surface area contributed by atoms with E-state index in [1.807, 2.05) is 29.8 Å². The van der Waals surface area contributed by atoms with Gasteiger partial charge in [0.15, 0.2) is 0 Å². The van der Waals surface area contributed by atoms with Gasteiger partial charge in [-0.05, 0) is 43.2 Å². The van der Waals surface area contributed by atoms with Gasteiger partial charge in [0.05, 0.1) is 13.2 Å². The standard InChI is InChI=1S/C26H30N4O4S/c1-3-35-19-6-4-16(5-7-19)20-10-27-22-21(20)28-15-29-24(22)33-23-17-11-30(12-18(23)14-32-13-17)25(31)34-26(2)8-9-26/h4-7,10,15,17-18,23,27H,3,8-9,11-14H2,1-2H3. The number of fused-ring (bicyclic) bond motifs is 3. The summed E-state index contributed by atoms with van der Waals surface area (Å²) in [5.41, 5.74) is 3.48. The second-order valence-electron chi connectivity index (χ2n) is 9.93. The first-order chi connectivity index (χ1) is 17.0. The number of thioether (sulfide) groups is 1. The molecule has 1 saturated carbocycles. The van der Waals surface area contributed by atoms with Crippen LogP contribution >= 0.6 is 11.8 Å². The van der Waals surface area contributed by atoms with E-state index in [4.69, 9.17) is 14.2 Å². The zero-order chi connectivity index (χ0) is 24.0. The van der Waals surface area contributed by atoms with E-state index in [-0.39, 0.29) is 29.6 Å². The minimum atomic E-state index is -0.275. The molecule has 184 valence electrons. The van der Waals surface area contributed by atoms with Crippen LogP contribution in [-0.4, -0.2) is 69.7 Å². The number of likely N-dealkylation sites (tertiary alicyclic amines) is 1. The third kappa shape index (κ3) is 4.47. The summed E-state index contributed by atoms with van der Waals surface area (Å²) in [5.74, 6) is 1.71. The highest BCUT2D eigenvalue weighted by Crippen LogP contribution is 2.40. The largest absolute Gasteiger partial charge is 0.472 e. The zero-order valence-electron chi connectivity index (χ0n) is 20.0. The number of carbonyl (C=O) groups is 1. The molecule has 4 heterocycles. The Hall–Kier alpha value is -2.78. The Balaban J connectivity index is 1.21. The molecule has 2 bridgehead atoms. The Morgan fingerprint density at radius 3 is 2.63 bits per heavy atom. The number of piperidine rings is 1. The van der Waals surface area contributed by atoms with E-state index in [0.29, 0.717) is 32.2 Å². The van der Waals surface area contributed by atoms with Crippen molar-refractivity contribution >= 4 is 28.9 Å². The van der Waals surface area contributed by atoms with E-state index in [0.717, 1.165) is 40.8 Å². The van der Waals surface area contributed by atoms with Crippen LogP contribution in [0.1, 0.15) is 26.7 Å². The molecule has 0 radical (unpaired) electrons. The number of ether oxygens (including phenoxy) is 3. The fourth-order valence-electron chi connectivity index (χ4n) is 5.05. The topological polar surface area (TPSA) is 89.6 Å². The molecular weight excluding hydrogens is 464 g/mol. The van der Waals surface area contributed by atoms with Crippen molar-refractivity contribution < 1.29 is 19.0 Å². The lowest BCUT2D eigenvalue weighted by molar-refractivity contribution is -0.111. The number of H-pyrrole nitrogens is 1. The summed E-state index contributed by atoms with van der Waals surface area (Å²) < 4.78 is 18.1. The first-order valence-corrected chi connectivity index (χ1v) is 13.3. The van der Waals surface area contributed by atoms with Crippen LogP contribution in [0.5, 0.6) is 5.88 Å². The van der Waals surface area contributed by atoms with Crippen molar-refractivity contribution in [3.8, 4) is 17.0 Å². The fraction of sp³-hybridized carbons (Fsp3) is 0.500. The molecule has 2 aliphatic heterocycles. The Morgan fingerprint density at radius 1 is 1.20 bits per heavy atom. The average molecular weight is 495 g/mol. The molecule has 3 aromatic rings. The highest BCUT2D eigenvalue weighted by molar-refractivity contribution is 7.99. The number of aromatic nitrogens is 3. The molecule has 0 spiro atoms. The number of rotatable bonds is 6. The van der Waals surface area contributed by atoms with Gasteiger partial charge in [-0.3, -0.25) is 0 Å². The second kappa shape index (κ2) is 9.02. The Bertz CT molecular complexity index is 1210. The number of carbonyl (C=O) groups excluding carboxylic acids is 1. The molecular formula is C26H30N4O4S. The molecule has 2 atom stereocenters. The smallest absolute Gasteiger partial charge is 0.410 e. The summed E-state index contributed by atoms with van der Waals surface area (Å²) in [6, 6.07) is 8.54. The third-order valence-corrected chi connectivity index (χ3v) is 8.10. The average Bonchev–Trinajstić information content (AvgIpc) is 3.40. The molecule has 3 aliphatic rings. The number of benzene rings is 1. The number of aromatic amines is 1. The molecule has 6 rings (SSSR count). The Kier molecular flexibility index (Phi) is 5.84. The second-order valence-corrected chi connectivity index (χ2v) is 11.3. The molecule has 9 heteroatoms. The van der Waals surface area contributed by atoms with Gasteiger partial charge in [0.1, 0.15) is 29.1 Å². The van der Waals surface area contributed by atoms with Crippen molar-refractivity contribution in [2.75, 3.05) is 32.1 Å². The molecule has 1 N–H and O–H groups in total. The molecule has 1 aliphatic carbocycles. The highest BCUT2D eigenvalue weighted by atomic mass is 32.2. The lowest BCUT2D eigenvalue weighted by atomic mass is 9.84. The summed E-state index contributed by atoms with van der Waals surface area (Å²) in [6.07, 6.45) is 5.11. The number of amides is 1. The van der Waals surface area contributed by atoms with Gasteiger partial charge < -0.3 is 24.1 Å². The molecule has 2 saturated heterocycles. The SMILES string of the molecule is CCSc1ccc(-c2c[nH]c3c(OC4C5COCC4CN(C(=O)OC4(C)CC4)C5)ncnc23)cc1. The maximum absolute atomic E-state index is 12.7. The van der Waals surface area contributed by atoms with Gasteiger partial charge >= 0.3 is 6.09 Å². The van der Waals surface area contributed by atoms with Gasteiger partial charge in [-0.2, -0.15) is 4.98 Å². The van der Waals surface area contributed by atoms with Crippen molar-refractivity contribution in [1.29, 1.82) is 0 Å². The maximum atomic E-state index is 12.7. The predicted molar refractivity (Wildman–Crippen MR) is 134 cm³/mol. The van der Waals surface area contributed by atoms with Crippen molar-refractivity contribution in [3.05, 3.63) is 36.8 Å². The van der Waals surface area contributed by atoms with Crippen LogP contribution in [0.4, 0.5) is 4.79 Å². The van der Waals surface area contributed by atoms with Crippen LogP contribution in [-0.2, 0) is 9.47 Å². The number of hydrogen-bond acceptors (Lipinski definition) is 7.